The fraction of sp³-hybridized carbons (Fsp3) is 0.458. The van der Waals surface area contributed by atoms with Gasteiger partial charge in [0.1, 0.15) is 24.3 Å². The third-order valence-electron chi connectivity index (χ3n) is 7.00. The van der Waals surface area contributed by atoms with Gasteiger partial charge in [-0.25, -0.2) is 4.39 Å². The normalized spacial score (nSPS) is 31.7. The van der Waals surface area contributed by atoms with Gasteiger partial charge in [0.25, 0.3) is 0 Å². The first-order valence-corrected chi connectivity index (χ1v) is 10.2. The maximum Gasteiger partial charge on any atom is 0.136 e. The molecular weight excluding hydrogens is 339 g/mol. The molecule has 2 fully saturated rings. The van der Waals surface area contributed by atoms with E-state index in [2.05, 4.69) is 6.07 Å². The van der Waals surface area contributed by atoms with Crippen LogP contribution < -0.4 is 4.74 Å². The van der Waals surface area contributed by atoms with E-state index >= 15 is 4.39 Å². The summed E-state index contributed by atoms with van der Waals surface area (Å²) in [6.45, 7) is 0.524. The van der Waals surface area contributed by atoms with Crippen molar-refractivity contribution in [2.75, 3.05) is 0 Å². The smallest absolute Gasteiger partial charge is 0.136 e. The van der Waals surface area contributed by atoms with Crippen molar-refractivity contribution in [3.63, 3.8) is 0 Å². The first kappa shape index (κ1) is 17.0. The van der Waals surface area contributed by atoms with Crippen LogP contribution in [-0.4, -0.2) is 12.0 Å². The SMILES string of the molecule is O=C1CC[C@H]2[C@@H]3[C@H](F)Cc4cc(OCc5ccccc5)ccc4[C@H]3CC[C@H]12. The zero-order valence-corrected chi connectivity index (χ0v) is 15.4. The van der Waals surface area contributed by atoms with Crippen LogP contribution in [0.1, 0.15) is 48.3 Å². The highest BCUT2D eigenvalue weighted by Gasteiger charge is 2.51. The van der Waals surface area contributed by atoms with Crippen LogP contribution in [0.4, 0.5) is 4.39 Å². The fourth-order valence-corrected chi connectivity index (χ4v) is 5.80. The molecule has 5 rings (SSSR count). The van der Waals surface area contributed by atoms with Gasteiger partial charge in [-0.05, 0) is 59.9 Å². The van der Waals surface area contributed by atoms with Crippen LogP contribution in [0.15, 0.2) is 48.5 Å². The average Bonchev–Trinajstić information content (AvgIpc) is 3.08. The Morgan fingerprint density at radius 1 is 1.00 bits per heavy atom. The predicted octanol–water partition coefficient (Wildman–Crippen LogP) is 5.25. The number of carbonyl (C=O) groups excluding carboxylic acids is 1. The van der Waals surface area contributed by atoms with E-state index in [0.717, 1.165) is 36.1 Å². The Kier molecular flexibility index (Phi) is 4.26. The minimum absolute atomic E-state index is 0.0267. The number of hydrogen-bond donors (Lipinski definition) is 0. The van der Waals surface area contributed by atoms with E-state index in [-0.39, 0.29) is 23.7 Å². The molecular formula is C24H25FO2. The highest BCUT2D eigenvalue weighted by molar-refractivity contribution is 5.83. The Hall–Kier alpha value is -2.16. The molecule has 0 saturated heterocycles. The maximum absolute atomic E-state index is 15.2. The minimum atomic E-state index is -0.842. The van der Waals surface area contributed by atoms with E-state index < -0.39 is 6.17 Å². The van der Waals surface area contributed by atoms with Gasteiger partial charge < -0.3 is 4.74 Å². The second-order valence-corrected chi connectivity index (χ2v) is 8.39. The van der Waals surface area contributed by atoms with Crippen LogP contribution in [0.25, 0.3) is 0 Å². The number of halogens is 1. The number of hydrogen-bond acceptors (Lipinski definition) is 2. The van der Waals surface area contributed by atoms with Crippen molar-refractivity contribution in [3.8, 4) is 5.75 Å². The monoisotopic (exact) mass is 364 g/mol. The van der Waals surface area contributed by atoms with Crippen molar-refractivity contribution < 1.29 is 13.9 Å². The van der Waals surface area contributed by atoms with Crippen LogP contribution in [-0.2, 0) is 17.8 Å². The topological polar surface area (TPSA) is 26.3 Å². The second-order valence-electron chi connectivity index (χ2n) is 8.39. The quantitative estimate of drug-likeness (QED) is 0.744. The van der Waals surface area contributed by atoms with Gasteiger partial charge in [0, 0.05) is 24.7 Å². The first-order valence-electron chi connectivity index (χ1n) is 10.2. The molecule has 0 N–H and O–H groups in total. The van der Waals surface area contributed by atoms with Gasteiger partial charge in [0.2, 0.25) is 0 Å². The molecule has 3 aliphatic rings. The van der Waals surface area contributed by atoms with Gasteiger partial charge in [-0.3, -0.25) is 4.79 Å². The molecule has 0 amide bonds. The summed E-state index contributed by atoms with van der Waals surface area (Å²) in [6, 6.07) is 16.3. The van der Waals surface area contributed by atoms with Gasteiger partial charge in [-0.1, -0.05) is 36.4 Å². The molecule has 0 heterocycles. The summed E-state index contributed by atoms with van der Waals surface area (Å²) >= 11 is 0. The lowest BCUT2D eigenvalue weighted by Crippen LogP contribution is -2.42. The molecule has 140 valence electrons. The van der Waals surface area contributed by atoms with E-state index in [1.54, 1.807) is 0 Å². The lowest BCUT2D eigenvalue weighted by Gasteiger charge is -2.45. The van der Waals surface area contributed by atoms with Gasteiger partial charge in [0.05, 0.1) is 0 Å². The Balaban J connectivity index is 1.37. The number of alkyl halides is 1. The molecule has 2 aromatic carbocycles. The van der Waals surface area contributed by atoms with Gasteiger partial charge in [-0.2, -0.15) is 0 Å². The lowest BCUT2D eigenvalue weighted by atomic mass is 9.60. The van der Waals surface area contributed by atoms with Crippen LogP contribution in [0.3, 0.4) is 0 Å². The maximum atomic E-state index is 15.2. The molecule has 2 nitrogen and oxygen atoms in total. The number of ether oxygens (including phenoxy) is 1. The van der Waals surface area contributed by atoms with Crippen molar-refractivity contribution in [2.45, 2.75) is 50.8 Å². The number of fused-ring (bicyclic) bond motifs is 5. The predicted molar refractivity (Wildman–Crippen MR) is 103 cm³/mol. The number of benzene rings is 2. The average molecular weight is 364 g/mol. The fourth-order valence-electron chi connectivity index (χ4n) is 5.80. The Morgan fingerprint density at radius 2 is 1.81 bits per heavy atom. The molecule has 3 aliphatic carbocycles. The summed E-state index contributed by atoms with van der Waals surface area (Å²) in [7, 11) is 0. The van der Waals surface area contributed by atoms with Crippen molar-refractivity contribution in [1.82, 2.24) is 0 Å². The molecule has 2 saturated carbocycles. The van der Waals surface area contributed by atoms with E-state index in [1.807, 2.05) is 42.5 Å². The molecule has 3 heteroatoms. The van der Waals surface area contributed by atoms with Gasteiger partial charge in [0.15, 0.2) is 0 Å². The minimum Gasteiger partial charge on any atom is -0.489 e. The van der Waals surface area contributed by atoms with Crippen molar-refractivity contribution in [2.24, 2.45) is 17.8 Å². The number of Topliss-reactive ketones (excluding diaryl/α,β-unsaturated/α-hetero) is 1. The molecule has 2 aromatic rings. The molecule has 5 atom stereocenters. The molecule has 0 aromatic heterocycles. The lowest BCUT2D eigenvalue weighted by molar-refractivity contribution is -0.123. The number of ketones is 1. The highest BCUT2D eigenvalue weighted by Crippen LogP contribution is 2.55. The third kappa shape index (κ3) is 2.97. The highest BCUT2D eigenvalue weighted by atomic mass is 19.1. The van der Waals surface area contributed by atoms with Crippen molar-refractivity contribution in [1.29, 1.82) is 0 Å². The summed E-state index contributed by atoms with van der Waals surface area (Å²) in [5, 5.41) is 0. The Labute approximate surface area is 159 Å². The summed E-state index contributed by atoms with van der Waals surface area (Å²) in [5.41, 5.74) is 3.51. The van der Waals surface area contributed by atoms with Gasteiger partial charge in [-0.15, -0.1) is 0 Å². The summed E-state index contributed by atoms with van der Waals surface area (Å²) in [5.74, 6) is 1.86. The Bertz CT molecular complexity index is 847. The van der Waals surface area contributed by atoms with E-state index in [4.69, 9.17) is 4.74 Å². The van der Waals surface area contributed by atoms with Gasteiger partial charge >= 0.3 is 0 Å². The van der Waals surface area contributed by atoms with Crippen LogP contribution in [0.5, 0.6) is 5.75 Å². The van der Waals surface area contributed by atoms with Crippen LogP contribution >= 0.6 is 0 Å². The largest absolute Gasteiger partial charge is 0.489 e. The van der Waals surface area contributed by atoms with Crippen molar-refractivity contribution >= 4 is 5.78 Å². The van der Waals surface area contributed by atoms with Crippen molar-refractivity contribution in [3.05, 3.63) is 65.2 Å². The summed E-state index contributed by atoms with van der Waals surface area (Å²) in [6.07, 6.45) is 3.03. The van der Waals surface area contributed by atoms with E-state index in [1.165, 1.54) is 5.56 Å². The zero-order chi connectivity index (χ0) is 18.4. The standard InChI is InChI=1S/C24H25FO2/c25-22-13-16-12-17(27-14-15-4-2-1-3-5-15)6-7-18(16)20-9-8-19-21(24(20)22)10-11-23(19)26/h1-7,12,19-22,24H,8-11,13-14H2/t19-,20+,21+,22+,24+/m0/s1. The molecule has 0 spiro atoms. The summed E-state index contributed by atoms with van der Waals surface area (Å²) in [4.78, 5) is 12.1. The van der Waals surface area contributed by atoms with Crippen LogP contribution in [0.2, 0.25) is 0 Å². The molecule has 0 radical (unpaired) electrons. The molecule has 0 bridgehead atoms. The zero-order valence-electron chi connectivity index (χ0n) is 15.4. The molecule has 0 unspecified atom stereocenters. The second kappa shape index (κ2) is 6.78. The van der Waals surface area contributed by atoms with E-state index in [0.29, 0.717) is 25.2 Å². The first-order chi connectivity index (χ1) is 13.2. The van der Waals surface area contributed by atoms with Crippen LogP contribution in [0, 0.1) is 17.8 Å². The third-order valence-corrected chi connectivity index (χ3v) is 7.00. The van der Waals surface area contributed by atoms with E-state index in [9.17, 15) is 4.79 Å². The molecule has 27 heavy (non-hydrogen) atoms. The number of carbonyl (C=O) groups is 1. The summed E-state index contributed by atoms with van der Waals surface area (Å²) < 4.78 is 21.1. The molecule has 0 aliphatic heterocycles. The number of rotatable bonds is 3. The Morgan fingerprint density at radius 3 is 2.67 bits per heavy atom.